The lowest BCUT2D eigenvalue weighted by Crippen LogP contribution is -2.06. The van der Waals surface area contributed by atoms with Crippen LogP contribution in [0.2, 0.25) is 0 Å². The molecule has 0 heterocycles. The first-order valence-electron chi connectivity index (χ1n) is 5.91. The Hall–Kier alpha value is -1.26. The number of methoxy groups -OCH3 is 1. The van der Waals surface area contributed by atoms with Crippen LogP contribution >= 0.6 is 0 Å². The Labute approximate surface area is 102 Å². The molecule has 94 valence electrons. The lowest BCUT2D eigenvalue weighted by Gasteiger charge is -2.12. The SMILES string of the molecule is COc1ccc(CN)cc1OCOCC1CC1. The number of benzene rings is 1. The van der Waals surface area contributed by atoms with Crippen molar-refractivity contribution in [2.45, 2.75) is 19.4 Å². The molecular formula is C13H19NO3. The van der Waals surface area contributed by atoms with E-state index in [1.165, 1.54) is 12.8 Å². The third kappa shape index (κ3) is 3.61. The normalized spacial score (nSPS) is 14.7. The van der Waals surface area contributed by atoms with Gasteiger partial charge >= 0.3 is 0 Å². The molecule has 1 aliphatic carbocycles. The lowest BCUT2D eigenvalue weighted by atomic mass is 10.2. The van der Waals surface area contributed by atoms with Gasteiger partial charge < -0.3 is 19.9 Å². The number of rotatable bonds is 7. The first-order chi connectivity index (χ1) is 8.33. The third-order valence-corrected chi connectivity index (χ3v) is 2.81. The van der Waals surface area contributed by atoms with E-state index in [1.54, 1.807) is 7.11 Å². The van der Waals surface area contributed by atoms with E-state index in [0.29, 0.717) is 18.0 Å². The fourth-order valence-corrected chi connectivity index (χ4v) is 1.57. The zero-order valence-corrected chi connectivity index (χ0v) is 10.1. The predicted octanol–water partition coefficient (Wildman–Crippen LogP) is 1.92. The van der Waals surface area contributed by atoms with Crippen LogP contribution in [-0.2, 0) is 11.3 Å². The fraction of sp³-hybridized carbons (Fsp3) is 0.538. The quantitative estimate of drug-likeness (QED) is 0.581. The van der Waals surface area contributed by atoms with Crippen molar-refractivity contribution in [3.05, 3.63) is 23.8 Å². The molecular weight excluding hydrogens is 218 g/mol. The molecule has 4 heteroatoms. The molecule has 1 aliphatic rings. The summed E-state index contributed by atoms with van der Waals surface area (Å²) in [6.45, 7) is 1.54. The highest BCUT2D eigenvalue weighted by molar-refractivity contribution is 5.42. The monoisotopic (exact) mass is 237 g/mol. The summed E-state index contributed by atoms with van der Waals surface area (Å²) >= 11 is 0. The molecule has 0 atom stereocenters. The van der Waals surface area contributed by atoms with E-state index in [0.717, 1.165) is 18.1 Å². The first kappa shape index (κ1) is 12.2. The van der Waals surface area contributed by atoms with Gasteiger partial charge in [-0.2, -0.15) is 0 Å². The van der Waals surface area contributed by atoms with E-state index >= 15 is 0 Å². The standard InChI is InChI=1S/C13H19NO3/c1-15-12-5-4-11(7-14)6-13(12)17-9-16-8-10-2-3-10/h4-6,10H,2-3,7-9,14H2,1H3. The molecule has 0 aliphatic heterocycles. The molecule has 2 N–H and O–H groups in total. The van der Waals surface area contributed by atoms with Crippen LogP contribution in [0.25, 0.3) is 0 Å². The molecule has 1 saturated carbocycles. The van der Waals surface area contributed by atoms with Gasteiger partial charge in [0.05, 0.1) is 13.7 Å². The Morgan fingerprint density at radius 3 is 2.76 bits per heavy atom. The minimum absolute atomic E-state index is 0.265. The summed E-state index contributed by atoms with van der Waals surface area (Å²) in [6.07, 6.45) is 2.57. The van der Waals surface area contributed by atoms with Crippen molar-refractivity contribution in [2.24, 2.45) is 11.7 Å². The second-order valence-corrected chi connectivity index (χ2v) is 4.27. The second kappa shape index (κ2) is 5.89. The number of hydrogen-bond acceptors (Lipinski definition) is 4. The maximum Gasteiger partial charge on any atom is 0.189 e. The maximum atomic E-state index is 5.59. The largest absolute Gasteiger partial charge is 0.493 e. The van der Waals surface area contributed by atoms with Gasteiger partial charge in [-0.1, -0.05) is 6.07 Å². The highest BCUT2D eigenvalue weighted by Crippen LogP contribution is 2.30. The van der Waals surface area contributed by atoms with Gasteiger partial charge in [0.25, 0.3) is 0 Å². The topological polar surface area (TPSA) is 53.7 Å². The summed E-state index contributed by atoms with van der Waals surface area (Å²) in [5.41, 5.74) is 6.60. The number of hydrogen-bond donors (Lipinski definition) is 1. The van der Waals surface area contributed by atoms with Crippen LogP contribution in [0.4, 0.5) is 0 Å². The van der Waals surface area contributed by atoms with Crippen molar-refractivity contribution >= 4 is 0 Å². The summed E-state index contributed by atoms with van der Waals surface area (Å²) in [5.74, 6) is 2.14. The highest BCUT2D eigenvalue weighted by Gasteiger charge is 2.21. The Kier molecular flexibility index (Phi) is 4.23. The molecule has 1 aromatic carbocycles. The highest BCUT2D eigenvalue weighted by atomic mass is 16.7. The van der Waals surface area contributed by atoms with Crippen molar-refractivity contribution < 1.29 is 14.2 Å². The zero-order valence-electron chi connectivity index (χ0n) is 10.1. The van der Waals surface area contributed by atoms with E-state index in [4.69, 9.17) is 19.9 Å². The van der Waals surface area contributed by atoms with Crippen LogP contribution < -0.4 is 15.2 Å². The molecule has 0 spiro atoms. The van der Waals surface area contributed by atoms with Gasteiger partial charge in [-0.3, -0.25) is 0 Å². The van der Waals surface area contributed by atoms with E-state index in [-0.39, 0.29) is 6.79 Å². The van der Waals surface area contributed by atoms with Crippen LogP contribution in [0.5, 0.6) is 11.5 Å². The second-order valence-electron chi connectivity index (χ2n) is 4.27. The van der Waals surface area contributed by atoms with E-state index in [9.17, 15) is 0 Å². The minimum Gasteiger partial charge on any atom is -0.493 e. The number of ether oxygens (including phenoxy) is 3. The average Bonchev–Trinajstić information content (AvgIpc) is 3.18. The molecule has 0 unspecified atom stereocenters. The summed E-state index contributed by atoms with van der Waals surface area (Å²) in [7, 11) is 1.62. The van der Waals surface area contributed by atoms with Crippen LogP contribution in [0, 0.1) is 5.92 Å². The van der Waals surface area contributed by atoms with Crippen LogP contribution in [0.15, 0.2) is 18.2 Å². The molecule has 0 saturated heterocycles. The van der Waals surface area contributed by atoms with E-state index in [1.807, 2.05) is 18.2 Å². The minimum atomic E-state index is 0.265. The first-order valence-corrected chi connectivity index (χ1v) is 5.91. The summed E-state index contributed by atoms with van der Waals surface area (Å²) in [5, 5.41) is 0. The lowest BCUT2D eigenvalue weighted by molar-refractivity contribution is 0.00862. The molecule has 0 radical (unpaired) electrons. The maximum absolute atomic E-state index is 5.59. The van der Waals surface area contributed by atoms with Gasteiger partial charge in [0.1, 0.15) is 0 Å². The average molecular weight is 237 g/mol. The summed E-state index contributed by atoms with van der Waals surface area (Å²) < 4.78 is 16.2. The van der Waals surface area contributed by atoms with E-state index < -0.39 is 0 Å². The Morgan fingerprint density at radius 2 is 2.12 bits per heavy atom. The van der Waals surface area contributed by atoms with Crippen molar-refractivity contribution in [2.75, 3.05) is 20.5 Å². The smallest absolute Gasteiger partial charge is 0.189 e. The Morgan fingerprint density at radius 1 is 1.29 bits per heavy atom. The van der Waals surface area contributed by atoms with Gasteiger partial charge in [0.15, 0.2) is 18.3 Å². The molecule has 0 amide bonds. The summed E-state index contributed by atoms with van der Waals surface area (Å²) in [6, 6.07) is 5.68. The molecule has 2 rings (SSSR count). The molecule has 4 nitrogen and oxygen atoms in total. The van der Waals surface area contributed by atoms with Crippen molar-refractivity contribution in [3.8, 4) is 11.5 Å². The van der Waals surface area contributed by atoms with Crippen LogP contribution in [0.3, 0.4) is 0 Å². The Bertz CT molecular complexity index is 364. The molecule has 1 fully saturated rings. The third-order valence-electron chi connectivity index (χ3n) is 2.81. The molecule has 0 bridgehead atoms. The summed E-state index contributed by atoms with van der Waals surface area (Å²) in [4.78, 5) is 0. The molecule has 17 heavy (non-hydrogen) atoms. The predicted molar refractivity (Wildman–Crippen MR) is 65.1 cm³/mol. The van der Waals surface area contributed by atoms with Gasteiger partial charge in [-0.25, -0.2) is 0 Å². The van der Waals surface area contributed by atoms with Gasteiger partial charge in [0.2, 0.25) is 0 Å². The molecule has 1 aromatic rings. The number of nitrogens with two attached hydrogens (primary N) is 1. The van der Waals surface area contributed by atoms with Crippen molar-refractivity contribution in [3.63, 3.8) is 0 Å². The van der Waals surface area contributed by atoms with Gasteiger partial charge in [-0.05, 0) is 36.5 Å². The fourth-order valence-electron chi connectivity index (χ4n) is 1.57. The van der Waals surface area contributed by atoms with Crippen molar-refractivity contribution in [1.82, 2.24) is 0 Å². The van der Waals surface area contributed by atoms with Crippen molar-refractivity contribution in [1.29, 1.82) is 0 Å². The van der Waals surface area contributed by atoms with E-state index in [2.05, 4.69) is 0 Å². The zero-order chi connectivity index (χ0) is 12.1. The van der Waals surface area contributed by atoms with Crippen LogP contribution in [-0.4, -0.2) is 20.5 Å². The molecule has 0 aromatic heterocycles. The van der Waals surface area contributed by atoms with Crippen LogP contribution in [0.1, 0.15) is 18.4 Å². The van der Waals surface area contributed by atoms with Gasteiger partial charge in [0, 0.05) is 6.54 Å². The van der Waals surface area contributed by atoms with Gasteiger partial charge in [-0.15, -0.1) is 0 Å². The Balaban J connectivity index is 1.87.